The zero-order valence-electron chi connectivity index (χ0n) is 8.71. The summed E-state index contributed by atoms with van der Waals surface area (Å²) in [7, 11) is 0. The maximum Gasteiger partial charge on any atom is 0.177 e. The number of halogens is 2. The van der Waals surface area contributed by atoms with Crippen LogP contribution in [0.3, 0.4) is 0 Å². The number of thioether (sulfide) groups is 1. The molecule has 86 valence electrons. The van der Waals surface area contributed by atoms with Gasteiger partial charge in [-0.1, -0.05) is 24.1 Å². The van der Waals surface area contributed by atoms with Gasteiger partial charge in [-0.15, -0.1) is 0 Å². The number of Topliss-reactive ketones (excluding diaryl/α,β-unsaturated/α-hetero) is 1. The number of rotatable bonds is 2. The number of hydrogen-bond acceptors (Lipinski definition) is 2. The fourth-order valence-electron chi connectivity index (χ4n) is 1.82. The van der Waals surface area contributed by atoms with Crippen LogP contribution in [0.4, 0.5) is 4.39 Å². The van der Waals surface area contributed by atoms with E-state index in [0.717, 1.165) is 25.0 Å². The molecule has 0 N–H and O–H groups in total. The minimum atomic E-state index is -0.520. The Morgan fingerprint density at radius 1 is 1.44 bits per heavy atom. The van der Waals surface area contributed by atoms with Crippen LogP contribution in [0.25, 0.3) is 0 Å². The van der Waals surface area contributed by atoms with Crippen molar-refractivity contribution in [1.29, 1.82) is 0 Å². The maximum atomic E-state index is 13.2. The van der Waals surface area contributed by atoms with E-state index in [9.17, 15) is 9.18 Å². The third-order valence-electron chi connectivity index (χ3n) is 2.69. The lowest BCUT2D eigenvalue weighted by Crippen LogP contribution is -2.21. The Morgan fingerprint density at radius 3 is 2.94 bits per heavy atom. The molecule has 0 radical (unpaired) electrons. The normalized spacial score (nSPS) is 20.8. The topological polar surface area (TPSA) is 17.1 Å². The van der Waals surface area contributed by atoms with Gasteiger partial charge in [0.05, 0.1) is 10.3 Å². The monoisotopic (exact) mass is 258 g/mol. The molecule has 1 nitrogen and oxygen atoms in total. The molecule has 1 unspecified atom stereocenters. The van der Waals surface area contributed by atoms with Gasteiger partial charge >= 0.3 is 0 Å². The summed E-state index contributed by atoms with van der Waals surface area (Å²) >= 11 is 7.45. The second kappa shape index (κ2) is 5.19. The van der Waals surface area contributed by atoms with Crippen LogP contribution in [-0.2, 0) is 0 Å². The van der Waals surface area contributed by atoms with Crippen LogP contribution in [-0.4, -0.2) is 16.8 Å². The summed E-state index contributed by atoms with van der Waals surface area (Å²) in [6.07, 6.45) is 3.10. The molecule has 0 saturated carbocycles. The molecule has 1 heterocycles. The van der Waals surface area contributed by atoms with Crippen molar-refractivity contribution in [1.82, 2.24) is 0 Å². The highest BCUT2D eigenvalue weighted by molar-refractivity contribution is 8.00. The van der Waals surface area contributed by atoms with E-state index in [-0.39, 0.29) is 16.1 Å². The average Bonchev–Trinajstić information content (AvgIpc) is 2.33. The third-order valence-corrected chi connectivity index (χ3v) is 4.45. The van der Waals surface area contributed by atoms with Crippen LogP contribution >= 0.6 is 23.4 Å². The van der Waals surface area contributed by atoms with E-state index >= 15 is 0 Å². The Hall–Kier alpha value is -0.540. The molecule has 1 aromatic rings. The third kappa shape index (κ3) is 2.41. The van der Waals surface area contributed by atoms with Crippen LogP contribution in [0.1, 0.15) is 29.6 Å². The van der Waals surface area contributed by atoms with Gasteiger partial charge in [-0.05, 0) is 30.7 Å². The number of benzene rings is 1. The quantitative estimate of drug-likeness (QED) is 0.748. The smallest absolute Gasteiger partial charge is 0.177 e. The summed E-state index contributed by atoms with van der Waals surface area (Å²) in [6.45, 7) is 0. The highest BCUT2D eigenvalue weighted by Gasteiger charge is 2.25. The average molecular weight is 259 g/mol. The number of carbonyl (C=O) groups is 1. The van der Waals surface area contributed by atoms with E-state index in [1.165, 1.54) is 12.1 Å². The van der Waals surface area contributed by atoms with Crippen molar-refractivity contribution < 1.29 is 9.18 Å². The summed E-state index contributed by atoms with van der Waals surface area (Å²) in [5.41, 5.74) is 0.320. The minimum absolute atomic E-state index is 0.0331. The van der Waals surface area contributed by atoms with Gasteiger partial charge in [0.2, 0.25) is 0 Å². The summed E-state index contributed by atoms with van der Waals surface area (Å²) in [4.78, 5) is 12.1. The fourth-order valence-corrected chi connectivity index (χ4v) is 3.30. The number of carbonyl (C=O) groups excluding carboxylic acids is 1. The first kappa shape index (κ1) is 11.9. The van der Waals surface area contributed by atoms with Gasteiger partial charge in [-0.2, -0.15) is 11.8 Å². The molecule has 0 spiro atoms. The largest absolute Gasteiger partial charge is 0.293 e. The van der Waals surface area contributed by atoms with Gasteiger partial charge in [0.15, 0.2) is 5.78 Å². The van der Waals surface area contributed by atoms with Gasteiger partial charge in [-0.25, -0.2) is 4.39 Å². The van der Waals surface area contributed by atoms with Crippen molar-refractivity contribution in [2.75, 3.05) is 5.75 Å². The molecular formula is C12H12ClFOS. The second-order valence-electron chi connectivity index (χ2n) is 3.82. The molecule has 0 aromatic heterocycles. The molecule has 0 aliphatic carbocycles. The Morgan fingerprint density at radius 2 is 2.25 bits per heavy atom. The van der Waals surface area contributed by atoms with Gasteiger partial charge in [-0.3, -0.25) is 4.79 Å². The lowest BCUT2D eigenvalue weighted by atomic mass is 10.0. The van der Waals surface area contributed by atoms with Crippen LogP contribution in [0.5, 0.6) is 0 Å². The Balaban J connectivity index is 2.22. The Kier molecular flexibility index (Phi) is 3.87. The van der Waals surface area contributed by atoms with E-state index in [1.54, 1.807) is 17.8 Å². The van der Waals surface area contributed by atoms with Crippen LogP contribution in [0.15, 0.2) is 18.2 Å². The lowest BCUT2D eigenvalue weighted by Gasteiger charge is -2.20. The van der Waals surface area contributed by atoms with Gasteiger partial charge in [0.1, 0.15) is 5.82 Å². The van der Waals surface area contributed by atoms with E-state index in [4.69, 9.17) is 11.6 Å². The van der Waals surface area contributed by atoms with E-state index in [1.807, 2.05) is 0 Å². The lowest BCUT2D eigenvalue weighted by molar-refractivity contribution is 0.0984. The van der Waals surface area contributed by atoms with Gasteiger partial charge < -0.3 is 0 Å². The predicted molar refractivity (Wildman–Crippen MR) is 65.8 cm³/mol. The van der Waals surface area contributed by atoms with Crippen molar-refractivity contribution in [3.05, 3.63) is 34.6 Å². The summed E-state index contributed by atoms with van der Waals surface area (Å²) in [5, 5.41) is -0.0910. The van der Waals surface area contributed by atoms with E-state index in [0.29, 0.717) is 5.56 Å². The number of hydrogen-bond donors (Lipinski definition) is 0. The van der Waals surface area contributed by atoms with Crippen molar-refractivity contribution in [3.63, 3.8) is 0 Å². The van der Waals surface area contributed by atoms with Gasteiger partial charge in [0.25, 0.3) is 0 Å². The number of ketones is 1. The Labute approximate surface area is 103 Å². The first-order valence-corrected chi connectivity index (χ1v) is 6.72. The molecule has 1 atom stereocenters. The SMILES string of the molecule is O=C(c1cccc(F)c1Cl)C1CCCCS1. The molecule has 2 rings (SSSR count). The van der Waals surface area contributed by atoms with Crippen LogP contribution in [0.2, 0.25) is 5.02 Å². The van der Waals surface area contributed by atoms with Crippen LogP contribution in [0, 0.1) is 5.82 Å². The predicted octanol–water partition coefficient (Wildman–Crippen LogP) is 3.95. The Bertz CT molecular complexity index is 402. The molecule has 16 heavy (non-hydrogen) atoms. The van der Waals surface area contributed by atoms with Crippen molar-refractivity contribution >= 4 is 29.1 Å². The maximum absolute atomic E-state index is 13.2. The zero-order chi connectivity index (χ0) is 11.5. The first-order valence-electron chi connectivity index (χ1n) is 5.30. The second-order valence-corrected chi connectivity index (χ2v) is 5.51. The van der Waals surface area contributed by atoms with Crippen molar-refractivity contribution in [2.24, 2.45) is 0 Å². The van der Waals surface area contributed by atoms with Crippen molar-refractivity contribution in [3.8, 4) is 0 Å². The molecule has 0 amide bonds. The molecule has 0 bridgehead atoms. The molecule has 1 aromatic carbocycles. The molecule has 1 saturated heterocycles. The highest BCUT2D eigenvalue weighted by Crippen LogP contribution is 2.30. The van der Waals surface area contributed by atoms with Crippen molar-refractivity contribution in [2.45, 2.75) is 24.5 Å². The highest BCUT2D eigenvalue weighted by atomic mass is 35.5. The summed E-state index contributed by atoms with van der Waals surface area (Å²) in [5.74, 6) is 0.450. The standard InChI is InChI=1S/C12H12ClFOS/c13-11-8(4-3-5-9(11)14)12(15)10-6-1-2-7-16-10/h3-5,10H,1-2,6-7H2. The van der Waals surface area contributed by atoms with Gasteiger partial charge in [0, 0.05) is 5.56 Å². The molecule has 1 aliphatic rings. The minimum Gasteiger partial charge on any atom is -0.293 e. The summed E-state index contributed by atoms with van der Waals surface area (Å²) < 4.78 is 13.2. The first-order chi connectivity index (χ1) is 7.70. The molecule has 1 fully saturated rings. The van der Waals surface area contributed by atoms with Crippen LogP contribution < -0.4 is 0 Å². The molecule has 4 heteroatoms. The van der Waals surface area contributed by atoms with E-state index < -0.39 is 5.82 Å². The zero-order valence-corrected chi connectivity index (χ0v) is 10.3. The summed E-state index contributed by atoms with van der Waals surface area (Å²) in [6, 6.07) is 4.40. The molecular weight excluding hydrogens is 247 g/mol. The molecule has 1 aliphatic heterocycles. The van der Waals surface area contributed by atoms with E-state index in [2.05, 4.69) is 0 Å². The fraction of sp³-hybridized carbons (Fsp3) is 0.417.